The fourth-order valence-electron chi connectivity index (χ4n) is 3.14. The Hall–Kier alpha value is -2.40. The van der Waals surface area contributed by atoms with E-state index in [0.717, 1.165) is 0 Å². The minimum atomic E-state index is -3.79. The first-order valence-electron chi connectivity index (χ1n) is 8.51. The van der Waals surface area contributed by atoms with Crippen molar-refractivity contribution in [3.8, 4) is 0 Å². The predicted octanol–water partition coefficient (Wildman–Crippen LogP) is 1.07. The van der Waals surface area contributed by atoms with E-state index >= 15 is 0 Å². The highest BCUT2D eigenvalue weighted by atomic mass is 32.2. The minimum Gasteiger partial charge on any atom is -0.468 e. The molecule has 1 aliphatic heterocycles. The summed E-state index contributed by atoms with van der Waals surface area (Å²) >= 11 is 0. The van der Waals surface area contributed by atoms with E-state index in [1.807, 2.05) is 6.07 Å². The summed E-state index contributed by atoms with van der Waals surface area (Å²) < 4.78 is 43.9. The van der Waals surface area contributed by atoms with E-state index in [2.05, 4.69) is 14.6 Å². The van der Waals surface area contributed by atoms with Crippen LogP contribution in [0.1, 0.15) is 11.8 Å². The fourth-order valence-corrected chi connectivity index (χ4v) is 4.20. The summed E-state index contributed by atoms with van der Waals surface area (Å²) in [6.45, 7) is 2.70. The van der Waals surface area contributed by atoms with Crippen LogP contribution in [0.2, 0.25) is 0 Å². The molecule has 1 aromatic carbocycles. The summed E-state index contributed by atoms with van der Waals surface area (Å²) in [6.07, 6.45) is 1.57. The van der Waals surface area contributed by atoms with E-state index in [1.165, 1.54) is 18.2 Å². The van der Waals surface area contributed by atoms with Gasteiger partial charge >= 0.3 is 5.76 Å². The largest absolute Gasteiger partial charge is 0.468 e. The van der Waals surface area contributed by atoms with E-state index in [1.54, 1.807) is 12.3 Å². The van der Waals surface area contributed by atoms with Gasteiger partial charge < -0.3 is 13.6 Å². The maximum atomic E-state index is 12.7. The summed E-state index contributed by atoms with van der Waals surface area (Å²) in [5.74, 6) is 0.0596. The van der Waals surface area contributed by atoms with Gasteiger partial charge in [0, 0.05) is 25.7 Å². The number of rotatable bonds is 6. The molecule has 1 aliphatic rings. The zero-order valence-electron chi connectivity index (χ0n) is 14.4. The highest BCUT2D eigenvalue weighted by Gasteiger charge is 2.27. The molecule has 0 saturated carbocycles. The molecule has 144 valence electrons. The van der Waals surface area contributed by atoms with Crippen molar-refractivity contribution in [2.45, 2.75) is 10.9 Å². The molecule has 2 N–H and O–H groups in total. The summed E-state index contributed by atoms with van der Waals surface area (Å²) in [7, 11) is -3.79. The molecule has 1 saturated heterocycles. The van der Waals surface area contributed by atoms with Crippen molar-refractivity contribution in [1.29, 1.82) is 0 Å². The lowest BCUT2D eigenvalue weighted by Gasteiger charge is -2.33. The van der Waals surface area contributed by atoms with E-state index in [9.17, 15) is 13.2 Å². The van der Waals surface area contributed by atoms with Crippen LogP contribution in [0.25, 0.3) is 11.1 Å². The number of benzene rings is 1. The number of aromatic nitrogens is 1. The second-order valence-corrected chi connectivity index (χ2v) is 7.97. The van der Waals surface area contributed by atoms with Crippen LogP contribution < -0.4 is 10.5 Å². The van der Waals surface area contributed by atoms with Crippen LogP contribution in [0.15, 0.2) is 55.1 Å². The molecule has 3 aromatic rings. The van der Waals surface area contributed by atoms with Crippen LogP contribution in [0.5, 0.6) is 0 Å². The Kier molecular flexibility index (Phi) is 4.87. The number of nitrogens with one attached hydrogen (secondary N) is 2. The maximum Gasteiger partial charge on any atom is 0.417 e. The second kappa shape index (κ2) is 7.31. The van der Waals surface area contributed by atoms with Crippen LogP contribution in [-0.2, 0) is 14.8 Å². The SMILES string of the molecule is O=c1[nH]c2ccc(S(=O)(=O)NCC(c3ccco3)N3CCOCC3)cc2o1. The molecule has 2 aromatic heterocycles. The standard InChI is InChI=1S/C17H19N3O6S/c21-17-19-13-4-3-12(10-16(13)26-17)27(22,23)18-11-14(15-2-1-7-25-15)20-5-8-24-9-6-20/h1-4,7,10,14,18H,5-6,8-9,11H2,(H,19,21). The number of hydrogen-bond donors (Lipinski definition) is 2. The zero-order valence-corrected chi connectivity index (χ0v) is 15.2. The van der Waals surface area contributed by atoms with Gasteiger partial charge in [0.15, 0.2) is 5.58 Å². The lowest BCUT2D eigenvalue weighted by molar-refractivity contribution is 0.0128. The predicted molar refractivity (Wildman–Crippen MR) is 95.9 cm³/mol. The molecule has 0 spiro atoms. The first kappa shape index (κ1) is 18.0. The highest BCUT2D eigenvalue weighted by molar-refractivity contribution is 7.89. The van der Waals surface area contributed by atoms with E-state index < -0.39 is 15.8 Å². The number of morpholine rings is 1. The molecule has 0 radical (unpaired) electrons. The fraction of sp³-hybridized carbons (Fsp3) is 0.353. The number of fused-ring (bicyclic) bond motifs is 1. The quantitative estimate of drug-likeness (QED) is 0.643. The number of furan rings is 1. The lowest BCUT2D eigenvalue weighted by atomic mass is 10.2. The molecule has 0 amide bonds. The van der Waals surface area contributed by atoms with Gasteiger partial charge in [-0.3, -0.25) is 9.88 Å². The molecule has 0 bridgehead atoms. The molecule has 1 fully saturated rings. The van der Waals surface area contributed by atoms with Gasteiger partial charge in [-0.1, -0.05) is 0 Å². The van der Waals surface area contributed by atoms with Crippen molar-refractivity contribution in [2.24, 2.45) is 0 Å². The normalized spacial score (nSPS) is 17.3. The van der Waals surface area contributed by atoms with E-state index in [-0.39, 0.29) is 23.1 Å². The third-order valence-corrected chi connectivity index (χ3v) is 5.95. The maximum absolute atomic E-state index is 12.7. The number of oxazole rings is 1. The third kappa shape index (κ3) is 3.83. The van der Waals surface area contributed by atoms with Crippen LogP contribution in [0.3, 0.4) is 0 Å². The van der Waals surface area contributed by atoms with E-state index in [0.29, 0.717) is 37.6 Å². The molecule has 9 nitrogen and oxygen atoms in total. The van der Waals surface area contributed by atoms with Crippen molar-refractivity contribution < 1.29 is 22.0 Å². The topological polar surface area (TPSA) is 118 Å². The Balaban J connectivity index is 1.55. The van der Waals surface area contributed by atoms with Crippen LogP contribution in [-0.4, -0.2) is 51.1 Å². The number of sulfonamides is 1. The minimum absolute atomic E-state index is 0.0259. The van der Waals surface area contributed by atoms with Gasteiger partial charge in [0.2, 0.25) is 10.0 Å². The van der Waals surface area contributed by atoms with Gasteiger partial charge in [-0.05, 0) is 24.3 Å². The average molecular weight is 393 g/mol. The van der Waals surface area contributed by atoms with Gasteiger partial charge in [-0.2, -0.15) is 0 Å². The summed E-state index contributed by atoms with van der Waals surface area (Å²) in [6, 6.07) is 7.61. The summed E-state index contributed by atoms with van der Waals surface area (Å²) in [5.41, 5.74) is 0.638. The van der Waals surface area contributed by atoms with Crippen LogP contribution in [0, 0.1) is 0 Å². The van der Waals surface area contributed by atoms with Gasteiger partial charge in [-0.25, -0.2) is 17.9 Å². The van der Waals surface area contributed by atoms with Crippen LogP contribution in [0.4, 0.5) is 0 Å². The van der Waals surface area contributed by atoms with Gasteiger partial charge in [0.05, 0.1) is 35.9 Å². The zero-order chi connectivity index (χ0) is 18.9. The molecular weight excluding hydrogens is 374 g/mol. The molecule has 0 aliphatic carbocycles. The molecule has 4 rings (SSSR count). The van der Waals surface area contributed by atoms with Crippen molar-refractivity contribution in [3.63, 3.8) is 0 Å². The van der Waals surface area contributed by atoms with Crippen molar-refractivity contribution in [2.75, 3.05) is 32.8 Å². The molecule has 1 atom stereocenters. The van der Waals surface area contributed by atoms with Crippen molar-refractivity contribution >= 4 is 21.1 Å². The first-order valence-corrected chi connectivity index (χ1v) is 9.99. The summed E-state index contributed by atoms with van der Waals surface area (Å²) in [5, 5.41) is 0. The molecule has 10 heteroatoms. The molecule has 1 unspecified atom stereocenters. The second-order valence-electron chi connectivity index (χ2n) is 6.20. The molecule has 27 heavy (non-hydrogen) atoms. The van der Waals surface area contributed by atoms with Crippen molar-refractivity contribution in [1.82, 2.24) is 14.6 Å². The number of aromatic amines is 1. The Morgan fingerprint density at radius 2 is 2.04 bits per heavy atom. The Morgan fingerprint density at radius 3 is 2.78 bits per heavy atom. The monoisotopic (exact) mass is 393 g/mol. The lowest BCUT2D eigenvalue weighted by Crippen LogP contribution is -2.43. The highest BCUT2D eigenvalue weighted by Crippen LogP contribution is 2.23. The van der Waals surface area contributed by atoms with Crippen molar-refractivity contribution in [3.05, 3.63) is 52.9 Å². The van der Waals surface area contributed by atoms with E-state index in [4.69, 9.17) is 13.6 Å². The van der Waals surface area contributed by atoms with Crippen LogP contribution >= 0.6 is 0 Å². The van der Waals surface area contributed by atoms with Gasteiger partial charge in [-0.15, -0.1) is 0 Å². The molecule has 3 heterocycles. The third-order valence-electron chi connectivity index (χ3n) is 4.53. The summed E-state index contributed by atoms with van der Waals surface area (Å²) in [4.78, 5) is 15.9. The number of H-pyrrole nitrogens is 1. The number of hydrogen-bond acceptors (Lipinski definition) is 7. The average Bonchev–Trinajstić information content (AvgIpc) is 3.31. The number of ether oxygens (including phenoxy) is 1. The van der Waals surface area contributed by atoms with Gasteiger partial charge in [0.1, 0.15) is 5.76 Å². The Labute approximate surface area is 155 Å². The van der Waals surface area contributed by atoms with Gasteiger partial charge in [0.25, 0.3) is 0 Å². The Morgan fingerprint density at radius 1 is 1.22 bits per heavy atom. The number of nitrogens with zero attached hydrogens (tertiary/aromatic N) is 1. The first-order chi connectivity index (χ1) is 13.0. The molecular formula is C17H19N3O6S. The Bertz CT molecular complexity index is 1060. The smallest absolute Gasteiger partial charge is 0.417 e.